The fourth-order valence-electron chi connectivity index (χ4n) is 0.994. The highest BCUT2D eigenvalue weighted by molar-refractivity contribution is 5.91. The molecule has 0 aliphatic carbocycles. The number of carbonyl (C=O) groups is 1. The van der Waals surface area contributed by atoms with E-state index in [1.54, 1.807) is 0 Å². The Morgan fingerprint density at radius 1 is 1.07 bits per heavy atom. The second-order valence-electron chi connectivity index (χ2n) is 2.47. The van der Waals surface area contributed by atoms with Gasteiger partial charge in [-0.05, 0) is 0 Å². The van der Waals surface area contributed by atoms with Crippen LogP contribution in [-0.2, 0) is 0 Å². The maximum absolute atomic E-state index is 12.9. The van der Waals surface area contributed by atoms with E-state index in [4.69, 9.17) is 5.11 Å². The summed E-state index contributed by atoms with van der Waals surface area (Å²) in [5.74, 6) is -11.3. The second-order valence-corrected chi connectivity index (χ2v) is 2.47. The number of halogens is 4. The molecule has 3 nitrogen and oxygen atoms in total. The van der Waals surface area contributed by atoms with Gasteiger partial charge in [-0.3, -0.25) is 0 Å². The van der Waals surface area contributed by atoms with E-state index in [1.165, 1.54) is 0 Å². The molecule has 0 saturated heterocycles. The van der Waals surface area contributed by atoms with Crippen LogP contribution in [-0.4, -0.2) is 18.2 Å². The predicted molar refractivity (Wildman–Crippen MR) is 39.8 cm³/mol. The first-order chi connectivity index (χ1) is 6.91. The molecule has 0 heterocycles. The zero-order valence-corrected chi connectivity index (χ0v) is 7.28. The maximum atomic E-state index is 12.9. The summed E-state index contributed by atoms with van der Waals surface area (Å²) < 4.78 is 55.2. The summed E-state index contributed by atoms with van der Waals surface area (Å²) in [4.78, 5) is 10.4. The van der Waals surface area contributed by atoms with E-state index in [2.05, 4.69) is 4.74 Å². The Kier molecular flexibility index (Phi) is 2.83. The van der Waals surface area contributed by atoms with E-state index in [9.17, 15) is 22.4 Å². The smallest absolute Gasteiger partial charge is 0.342 e. The minimum Gasteiger partial charge on any atom is -0.493 e. The van der Waals surface area contributed by atoms with Crippen molar-refractivity contribution < 1.29 is 32.2 Å². The predicted octanol–water partition coefficient (Wildman–Crippen LogP) is 1.95. The van der Waals surface area contributed by atoms with Crippen LogP contribution in [0.2, 0.25) is 0 Å². The highest BCUT2D eigenvalue weighted by atomic mass is 19.2. The van der Waals surface area contributed by atoms with Crippen molar-refractivity contribution >= 4 is 5.97 Å². The molecule has 0 fully saturated rings. The molecule has 0 aliphatic heterocycles. The first kappa shape index (κ1) is 11.3. The molecule has 0 unspecified atom stereocenters. The topological polar surface area (TPSA) is 46.5 Å². The van der Waals surface area contributed by atoms with Crippen LogP contribution < -0.4 is 4.74 Å². The van der Waals surface area contributed by atoms with E-state index in [0.717, 1.165) is 7.11 Å². The number of hydrogen-bond acceptors (Lipinski definition) is 2. The fourth-order valence-corrected chi connectivity index (χ4v) is 0.994. The molecule has 0 saturated carbocycles. The molecule has 0 aliphatic rings. The van der Waals surface area contributed by atoms with Gasteiger partial charge < -0.3 is 9.84 Å². The van der Waals surface area contributed by atoms with Gasteiger partial charge in [0.1, 0.15) is 5.56 Å². The standard InChI is InChI=1S/C8H4F4O3/c1-15-7-2(8(13)14)3(9)4(10)5(11)6(7)12/h1H3,(H,13,14). The van der Waals surface area contributed by atoms with E-state index >= 15 is 0 Å². The highest BCUT2D eigenvalue weighted by Crippen LogP contribution is 2.30. The minimum absolute atomic E-state index is 0.807. The molecule has 0 bridgehead atoms. The summed E-state index contributed by atoms with van der Waals surface area (Å²) in [5, 5.41) is 8.44. The van der Waals surface area contributed by atoms with Crippen molar-refractivity contribution in [1.29, 1.82) is 0 Å². The molecule has 1 aromatic carbocycles. The van der Waals surface area contributed by atoms with E-state index in [-0.39, 0.29) is 0 Å². The Labute approximate surface area is 80.9 Å². The molecule has 1 N–H and O–H groups in total. The van der Waals surface area contributed by atoms with Crippen molar-refractivity contribution in [3.8, 4) is 5.75 Å². The van der Waals surface area contributed by atoms with Crippen LogP contribution in [0.25, 0.3) is 0 Å². The molecule has 0 atom stereocenters. The Morgan fingerprint density at radius 2 is 1.53 bits per heavy atom. The maximum Gasteiger partial charge on any atom is 0.342 e. The van der Waals surface area contributed by atoms with Gasteiger partial charge in [0.15, 0.2) is 17.4 Å². The van der Waals surface area contributed by atoms with E-state index in [0.29, 0.717) is 0 Å². The van der Waals surface area contributed by atoms with Crippen molar-refractivity contribution in [2.24, 2.45) is 0 Å². The lowest BCUT2D eigenvalue weighted by molar-refractivity contribution is 0.0684. The first-order valence-electron chi connectivity index (χ1n) is 3.55. The van der Waals surface area contributed by atoms with Crippen molar-refractivity contribution in [2.45, 2.75) is 0 Å². The van der Waals surface area contributed by atoms with Gasteiger partial charge >= 0.3 is 5.97 Å². The summed E-state index contributed by atoms with van der Waals surface area (Å²) in [6, 6.07) is 0. The largest absolute Gasteiger partial charge is 0.493 e. The monoisotopic (exact) mass is 224 g/mol. The normalized spacial score (nSPS) is 10.2. The van der Waals surface area contributed by atoms with Gasteiger partial charge in [-0.2, -0.15) is 4.39 Å². The number of hydrogen-bond donors (Lipinski definition) is 1. The van der Waals surface area contributed by atoms with Crippen LogP contribution in [0.1, 0.15) is 10.4 Å². The van der Waals surface area contributed by atoms with Crippen molar-refractivity contribution in [3.63, 3.8) is 0 Å². The molecule has 0 amide bonds. The lowest BCUT2D eigenvalue weighted by atomic mass is 10.1. The van der Waals surface area contributed by atoms with Gasteiger partial charge in [-0.25, -0.2) is 18.0 Å². The van der Waals surface area contributed by atoms with Gasteiger partial charge in [-0.15, -0.1) is 0 Å². The molecule has 7 heteroatoms. The third-order valence-corrected chi connectivity index (χ3v) is 1.64. The lowest BCUT2D eigenvalue weighted by Crippen LogP contribution is -2.10. The molecule has 0 aromatic heterocycles. The number of carboxylic acids is 1. The quantitative estimate of drug-likeness (QED) is 0.474. The Balaban J connectivity index is 3.70. The van der Waals surface area contributed by atoms with Crippen LogP contribution >= 0.6 is 0 Å². The summed E-state index contributed by atoms with van der Waals surface area (Å²) in [6.07, 6.45) is 0. The Morgan fingerprint density at radius 3 is 1.93 bits per heavy atom. The number of aromatic carboxylic acids is 1. The molecule has 82 valence electrons. The van der Waals surface area contributed by atoms with Crippen molar-refractivity contribution in [2.75, 3.05) is 7.11 Å². The van der Waals surface area contributed by atoms with Gasteiger partial charge in [0.05, 0.1) is 7.11 Å². The molecule has 0 radical (unpaired) electrons. The lowest BCUT2D eigenvalue weighted by Gasteiger charge is -2.08. The van der Waals surface area contributed by atoms with Gasteiger partial charge in [0, 0.05) is 0 Å². The highest BCUT2D eigenvalue weighted by Gasteiger charge is 2.29. The van der Waals surface area contributed by atoms with Crippen molar-refractivity contribution in [1.82, 2.24) is 0 Å². The summed E-state index contributed by atoms with van der Waals surface area (Å²) >= 11 is 0. The summed E-state index contributed by atoms with van der Waals surface area (Å²) in [7, 11) is 0.807. The molecular formula is C8H4F4O3. The van der Waals surface area contributed by atoms with Gasteiger partial charge in [0.2, 0.25) is 11.6 Å². The molecule has 1 aromatic rings. The number of methoxy groups -OCH3 is 1. The fraction of sp³-hybridized carbons (Fsp3) is 0.125. The zero-order valence-electron chi connectivity index (χ0n) is 7.28. The number of ether oxygens (including phenoxy) is 1. The van der Waals surface area contributed by atoms with Crippen LogP contribution in [0.3, 0.4) is 0 Å². The van der Waals surface area contributed by atoms with E-state index in [1.807, 2.05) is 0 Å². The third kappa shape index (κ3) is 1.60. The number of carboxylic acid groups (broad SMARTS) is 1. The first-order valence-corrected chi connectivity index (χ1v) is 3.55. The number of rotatable bonds is 2. The van der Waals surface area contributed by atoms with Crippen LogP contribution in [0.4, 0.5) is 17.6 Å². The number of benzene rings is 1. The second kappa shape index (κ2) is 3.76. The van der Waals surface area contributed by atoms with Crippen LogP contribution in [0.5, 0.6) is 5.75 Å². The molecular weight excluding hydrogens is 220 g/mol. The average Bonchev–Trinajstić information content (AvgIpc) is 2.19. The SMILES string of the molecule is COc1c(F)c(F)c(F)c(F)c1C(=O)O. The zero-order chi connectivity index (χ0) is 11.7. The van der Waals surface area contributed by atoms with Gasteiger partial charge in [-0.1, -0.05) is 0 Å². The van der Waals surface area contributed by atoms with Crippen LogP contribution in [0.15, 0.2) is 0 Å². The third-order valence-electron chi connectivity index (χ3n) is 1.64. The van der Waals surface area contributed by atoms with E-state index < -0.39 is 40.6 Å². The molecule has 0 spiro atoms. The average molecular weight is 224 g/mol. The molecule has 15 heavy (non-hydrogen) atoms. The summed E-state index contributed by atoms with van der Waals surface area (Å²) in [5.41, 5.74) is -1.38. The Hall–Kier alpha value is -1.79. The minimum atomic E-state index is -2.19. The van der Waals surface area contributed by atoms with Crippen molar-refractivity contribution in [3.05, 3.63) is 28.8 Å². The molecule has 1 rings (SSSR count). The van der Waals surface area contributed by atoms with Gasteiger partial charge in [0.25, 0.3) is 0 Å². The van der Waals surface area contributed by atoms with Crippen LogP contribution in [0, 0.1) is 23.3 Å². The Bertz CT molecular complexity index is 431. The summed E-state index contributed by atoms with van der Waals surface area (Å²) in [6.45, 7) is 0.